The molecular weight excluding hydrogens is 288 g/mol. The van der Waals surface area contributed by atoms with Crippen LogP contribution in [-0.2, 0) is 19.6 Å². The summed E-state index contributed by atoms with van der Waals surface area (Å²) in [7, 11) is 0. The molecule has 1 aromatic heterocycles. The summed E-state index contributed by atoms with van der Waals surface area (Å²) in [6, 6.07) is 7.40. The quantitative estimate of drug-likeness (QED) is 0.884. The molecule has 5 heteroatoms. The van der Waals surface area contributed by atoms with Crippen molar-refractivity contribution in [1.29, 1.82) is 0 Å². The minimum absolute atomic E-state index is 0.425. The Hall–Kier alpha value is -1.52. The first-order chi connectivity index (χ1) is 10.0. The monoisotopic (exact) mass is 308 g/mol. The predicted molar refractivity (Wildman–Crippen MR) is 83.7 cm³/mol. The number of aromatic nitrogens is 2. The van der Waals surface area contributed by atoms with Crippen LogP contribution in [-0.4, -0.2) is 14.9 Å². The number of rotatable bonds is 6. The first-order valence-electron chi connectivity index (χ1n) is 7.21. The fourth-order valence-electron chi connectivity index (χ4n) is 2.12. The molecule has 0 fully saturated rings. The standard InChI is InChI=1S/C16H21ClN2O2/c1-4-13-9-14(19(5-2)18-13)10-21-16-7-6-12(11(3)20)8-15(16)17/h6-9,11,20H,4-5,10H2,1-3H3/t11-/m0/s1. The number of hydrogen-bond acceptors (Lipinski definition) is 3. The molecule has 114 valence electrons. The SMILES string of the molecule is CCc1cc(COc2ccc([C@H](C)O)cc2Cl)n(CC)n1. The second-order valence-corrected chi connectivity index (χ2v) is 5.36. The molecule has 2 rings (SSSR count). The lowest BCUT2D eigenvalue weighted by Gasteiger charge is -2.11. The maximum Gasteiger partial charge on any atom is 0.138 e. The van der Waals surface area contributed by atoms with E-state index in [1.165, 1.54) is 0 Å². The van der Waals surface area contributed by atoms with Crippen molar-refractivity contribution in [2.24, 2.45) is 0 Å². The van der Waals surface area contributed by atoms with E-state index in [-0.39, 0.29) is 0 Å². The first kappa shape index (κ1) is 15.9. The topological polar surface area (TPSA) is 47.3 Å². The molecule has 0 radical (unpaired) electrons. The van der Waals surface area contributed by atoms with E-state index in [4.69, 9.17) is 16.3 Å². The molecule has 1 heterocycles. The van der Waals surface area contributed by atoms with Crippen molar-refractivity contribution in [3.8, 4) is 5.75 Å². The van der Waals surface area contributed by atoms with Gasteiger partial charge in [-0.2, -0.15) is 5.10 Å². The maximum atomic E-state index is 9.53. The van der Waals surface area contributed by atoms with Crippen molar-refractivity contribution in [3.05, 3.63) is 46.2 Å². The van der Waals surface area contributed by atoms with E-state index in [0.29, 0.717) is 17.4 Å². The normalized spacial score (nSPS) is 12.4. The van der Waals surface area contributed by atoms with Crippen molar-refractivity contribution in [2.45, 2.75) is 46.4 Å². The number of aliphatic hydroxyl groups excluding tert-OH is 1. The number of ether oxygens (including phenoxy) is 1. The van der Waals surface area contributed by atoms with Crippen LogP contribution in [0.1, 0.15) is 43.8 Å². The minimum atomic E-state index is -0.537. The molecule has 1 aromatic carbocycles. The zero-order valence-corrected chi connectivity index (χ0v) is 13.4. The molecule has 4 nitrogen and oxygen atoms in total. The summed E-state index contributed by atoms with van der Waals surface area (Å²) in [6.45, 7) is 7.08. The highest BCUT2D eigenvalue weighted by Gasteiger charge is 2.10. The first-order valence-corrected chi connectivity index (χ1v) is 7.58. The second-order valence-electron chi connectivity index (χ2n) is 4.95. The average molecular weight is 309 g/mol. The number of halogens is 1. The van der Waals surface area contributed by atoms with Crippen LogP contribution in [0, 0.1) is 0 Å². The molecule has 2 aromatic rings. The van der Waals surface area contributed by atoms with E-state index in [1.54, 1.807) is 19.1 Å². The summed E-state index contributed by atoms with van der Waals surface area (Å²) < 4.78 is 7.72. The fraction of sp³-hybridized carbons (Fsp3) is 0.438. The molecule has 0 aliphatic rings. The van der Waals surface area contributed by atoms with Gasteiger partial charge in [0.2, 0.25) is 0 Å². The van der Waals surface area contributed by atoms with Crippen molar-refractivity contribution >= 4 is 11.6 Å². The van der Waals surface area contributed by atoms with Gasteiger partial charge < -0.3 is 9.84 Å². The van der Waals surface area contributed by atoms with Crippen molar-refractivity contribution in [2.75, 3.05) is 0 Å². The summed E-state index contributed by atoms with van der Waals surface area (Å²) in [5.74, 6) is 0.614. The lowest BCUT2D eigenvalue weighted by Crippen LogP contribution is -2.06. The second kappa shape index (κ2) is 6.96. The average Bonchev–Trinajstić information content (AvgIpc) is 2.88. The lowest BCUT2D eigenvalue weighted by atomic mass is 10.1. The number of hydrogen-bond donors (Lipinski definition) is 1. The molecule has 1 N–H and O–H groups in total. The maximum absolute atomic E-state index is 9.53. The van der Waals surface area contributed by atoms with E-state index in [1.807, 2.05) is 10.7 Å². The van der Waals surface area contributed by atoms with Crippen LogP contribution < -0.4 is 4.74 Å². The Morgan fingerprint density at radius 1 is 1.33 bits per heavy atom. The fourth-order valence-corrected chi connectivity index (χ4v) is 2.37. The zero-order chi connectivity index (χ0) is 15.4. The minimum Gasteiger partial charge on any atom is -0.486 e. The molecular formula is C16H21ClN2O2. The van der Waals surface area contributed by atoms with Crippen LogP contribution in [0.2, 0.25) is 5.02 Å². The number of aliphatic hydroxyl groups is 1. The summed E-state index contributed by atoms with van der Waals surface area (Å²) in [5, 5.41) is 14.5. The van der Waals surface area contributed by atoms with Crippen molar-refractivity contribution in [3.63, 3.8) is 0 Å². The summed E-state index contributed by atoms with van der Waals surface area (Å²) >= 11 is 6.19. The smallest absolute Gasteiger partial charge is 0.138 e. The Morgan fingerprint density at radius 3 is 2.67 bits per heavy atom. The van der Waals surface area contributed by atoms with Crippen LogP contribution in [0.5, 0.6) is 5.75 Å². The Balaban J connectivity index is 2.11. The largest absolute Gasteiger partial charge is 0.486 e. The Morgan fingerprint density at radius 2 is 2.10 bits per heavy atom. The van der Waals surface area contributed by atoms with Crippen molar-refractivity contribution < 1.29 is 9.84 Å². The third-order valence-corrected chi connectivity index (χ3v) is 3.68. The van der Waals surface area contributed by atoms with Gasteiger partial charge in [0.1, 0.15) is 12.4 Å². The summed E-state index contributed by atoms with van der Waals surface area (Å²) in [4.78, 5) is 0. The summed E-state index contributed by atoms with van der Waals surface area (Å²) in [5.41, 5.74) is 2.87. The van der Waals surface area contributed by atoms with Crippen LogP contribution in [0.4, 0.5) is 0 Å². The van der Waals surface area contributed by atoms with Gasteiger partial charge in [-0.15, -0.1) is 0 Å². The van der Waals surface area contributed by atoms with Gasteiger partial charge in [-0.05, 0) is 44.0 Å². The van der Waals surface area contributed by atoms with Gasteiger partial charge in [0.05, 0.1) is 22.5 Å². The molecule has 0 saturated carbocycles. The third kappa shape index (κ3) is 3.77. The Labute approximate surface area is 130 Å². The van der Waals surface area contributed by atoms with Crippen LogP contribution in [0.15, 0.2) is 24.3 Å². The van der Waals surface area contributed by atoms with Gasteiger partial charge >= 0.3 is 0 Å². The highest BCUT2D eigenvalue weighted by Crippen LogP contribution is 2.28. The van der Waals surface area contributed by atoms with Gasteiger partial charge in [-0.1, -0.05) is 24.6 Å². The van der Waals surface area contributed by atoms with E-state index in [2.05, 4.69) is 25.0 Å². The highest BCUT2D eigenvalue weighted by molar-refractivity contribution is 6.32. The number of aryl methyl sites for hydroxylation is 2. The lowest BCUT2D eigenvalue weighted by molar-refractivity contribution is 0.199. The van der Waals surface area contributed by atoms with Crippen molar-refractivity contribution in [1.82, 2.24) is 9.78 Å². The third-order valence-electron chi connectivity index (χ3n) is 3.39. The van der Waals surface area contributed by atoms with E-state index >= 15 is 0 Å². The van der Waals surface area contributed by atoms with Crippen LogP contribution in [0.25, 0.3) is 0 Å². The molecule has 0 amide bonds. The molecule has 0 aliphatic heterocycles. The van der Waals surface area contributed by atoms with Gasteiger partial charge in [-0.3, -0.25) is 4.68 Å². The van der Waals surface area contributed by atoms with Gasteiger partial charge in [0, 0.05) is 6.54 Å². The Kier molecular flexibility index (Phi) is 5.26. The van der Waals surface area contributed by atoms with E-state index < -0.39 is 6.10 Å². The zero-order valence-electron chi connectivity index (χ0n) is 12.6. The molecule has 21 heavy (non-hydrogen) atoms. The molecule has 0 unspecified atom stereocenters. The van der Waals surface area contributed by atoms with Gasteiger partial charge in [-0.25, -0.2) is 0 Å². The molecule has 0 aliphatic carbocycles. The van der Waals surface area contributed by atoms with E-state index in [0.717, 1.165) is 29.9 Å². The molecule has 0 bridgehead atoms. The van der Waals surface area contributed by atoms with E-state index in [9.17, 15) is 5.11 Å². The number of nitrogens with zero attached hydrogens (tertiary/aromatic N) is 2. The van der Waals surface area contributed by atoms with Gasteiger partial charge in [0.25, 0.3) is 0 Å². The summed E-state index contributed by atoms with van der Waals surface area (Å²) in [6.07, 6.45) is 0.370. The Bertz CT molecular complexity index is 608. The van der Waals surface area contributed by atoms with Gasteiger partial charge in [0.15, 0.2) is 0 Å². The highest BCUT2D eigenvalue weighted by atomic mass is 35.5. The molecule has 0 saturated heterocycles. The predicted octanol–water partition coefficient (Wildman–Crippen LogP) is 3.75. The molecule has 0 spiro atoms. The van der Waals surface area contributed by atoms with Crippen LogP contribution in [0.3, 0.4) is 0 Å². The molecule has 1 atom stereocenters. The van der Waals surface area contributed by atoms with Crippen LogP contribution >= 0.6 is 11.6 Å². The number of benzene rings is 1.